The van der Waals surface area contributed by atoms with Crippen molar-refractivity contribution in [1.29, 1.82) is 0 Å². The Morgan fingerprint density at radius 2 is 1.78 bits per heavy atom. The van der Waals surface area contributed by atoms with Crippen LogP contribution in [0.4, 0.5) is 23.7 Å². The quantitative estimate of drug-likeness (QED) is 0.480. The summed E-state index contributed by atoms with van der Waals surface area (Å²) in [6, 6.07) is 10.9. The van der Waals surface area contributed by atoms with Crippen LogP contribution in [-0.2, 0) is 9.53 Å². The highest BCUT2D eigenvalue weighted by Gasteiger charge is 2.37. The van der Waals surface area contributed by atoms with Crippen LogP contribution >= 0.6 is 0 Å². The number of piperidine rings is 1. The predicted molar refractivity (Wildman–Crippen MR) is 105 cm³/mol. The number of benzene rings is 2. The molecule has 0 aromatic heterocycles. The Bertz CT molecular complexity index is 980. The van der Waals surface area contributed by atoms with Gasteiger partial charge in [0.1, 0.15) is 17.2 Å². The van der Waals surface area contributed by atoms with Crippen molar-refractivity contribution in [1.82, 2.24) is 4.90 Å². The molecule has 1 fully saturated rings. The van der Waals surface area contributed by atoms with Crippen LogP contribution in [0.5, 0.6) is 11.5 Å². The highest BCUT2D eigenvalue weighted by molar-refractivity contribution is 5.76. The van der Waals surface area contributed by atoms with E-state index < -0.39 is 36.0 Å². The monoisotopic (exact) mass is 452 g/mol. The second-order valence-electron chi connectivity index (χ2n) is 7.13. The second-order valence-corrected chi connectivity index (χ2v) is 7.13. The van der Waals surface area contributed by atoms with Gasteiger partial charge in [-0.05, 0) is 53.6 Å². The summed E-state index contributed by atoms with van der Waals surface area (Å²) in [5.41, 5.74) is 0.633. The van der Waals surface area contributed by atoms with Crippen LogP contribution in [0.2, 0.25) is 0 Å². The zero-order chi connectivity index (χ0) is 23.3. The lowest BCUT2D eigenvalue weighted by Gasteiger charge is -2.36. The molecule has 8 nitrogen and oxygen atoms in total. The highest BCUT2D eigenvalue weighted by Crippen LogP contribution is 2.34. The number of carbonyl (C=O) groups is 2. The summed E-state index contributed by atoms with van der Waals surface area (Å²) < 4.78 is 51.8. The number of alkyl halides is 3. The van der Waals surface area contributed by atoms with E-state index in [1.165, 1.54) is 54.5 Å². The Balaban J connectivity index is 1.80. The van der Waals surface area contributed by atoms with Gasteiger partial charge >= 0.3 is 18.4 Å². The van der Waals surface area contributed by atoms with Crippen LogP contribution in [0.1, 0.15) is 17.9 Å². The number of hydrogen-bond donors (Lipinski definition) is 0. The minimum Gasteiger partial charge on any atom is -0.469 e. The summed E-state index contributed by atoms with van der Waals surface area (Å²) in [5, 5.41) is 2.76. The highest BCUT2D eigenvalue weighted by atomic mass is 19.4. The zero-order valence-electron chi connectivity index (χ0n) is 16.9. The molecule has 32 heavy (non-hydrogen) atoms. The molecule has 1 amide bonds. The third kappa shape index (κ3) is 5.96. The van der Waals surface area contributed by atoms with Crippen LogP contribution in [0.3, 0.4) is 0 Å². The molecule has 1 aliphatic heterocycles. The van der Waals surface area contributed by atoms with Crippen molar-refractivity contribution in [3.05, 3.63) is 59.0 Å². The van der Waals surface area contributed by atoms with Gasteiger partial charge in [0, 0.05) is 19.0 Å². The molecule has 0 bridgehead atoms. The van der Waals surface area contributed by atoms with Crippen molar-refractivity contribution in [3.8, 4) is 11.5 Å². The summed E-state index contributed by atoms with van der Waals surface area (Å²) >= 11 is 0. The first-order valence-corrected chi connectivity index (χ1v) is 9.52. The average molecular weight is 452 g/mol. The van der Waals surface area contributed by atoms with Gasteiger partial charge in [-0.3, -0.25) is 4.79 Å². The van der Waals surface area contributed by atoms with E-state index in [0.717, 1.165) is 0 Å². The van der Waals surface area contributed by atoms with Gasteiger partial charge in [-0.25, -0.2) is 4.79 Å². The van der Waals surface area contributed by atoms with Gasteiger partial charge < -0.3 is 19.1 Å². The molecular formula is C21H19F3N2O6. The fraction of sp³-hybridized carbons (Fsp3) is 0.333. The number of esters is 1. The second kappa shape index (κ2) is 9.67. The molecule has 2 aromatic carbocycles. The molecule has 170 valence electrons. The van der Waals surface area contributed by atoms with E-state index in [1.54, 1.807) is 6.07 Å². The molecule has 1 heterocycles. The maximum absolute atomic E-state index is 12.7. The van der Waals surface area contributed by atoms with Gasteiger partial charge in [0.2, 0.25) is 0 Å². The average Bonchev–Trinajstić information content (AvgIpc) is 2.77. The third-order valence-electron chi connectivity index (χ3n) is 4.95. The lowest BCUT2D eigenvalue weighted by Crippen LogP contribution is -2.46. The van der Waals surface area contributed by atoms with Crippen molar-refractivity contribution in [2.75, 3.05) is 20.2 Å². The molecule has 0 saturated carbocycles. The van der Waals surface area contributed by atoms with Crippen molar-refractivity contribution >= 4 is 17.7 Å². The standard InChI is InChI=1S/C21H19F3N2O6/c1-30-19(27)15-9-14(13-3-2-4-18(10-13)32-21(22,23)24)11-26(12-15)20(28)31-17-7-5-16(25-29)6-8-17/h2-8,10,14-15H,9,11-12H2,1H3. The Hall–Kier alpha value is -3.63. The van der Waals surface area contributed by atoms with Crippen molar-refractivity contribution in [3.63, 3.8) is 0 Å². The summed E-state index contributed by atoms with van der Waals surface area (Å²) in [5.74, 6) is -1.93. The third-order valence-corrected chi connectivity index (χ3v) is 4.95. The molecule has 0 aliphatic carbocycles. The zero-order valence-corrected chi connectivity index (χ0v) is 16.9. The maximum Gasteiger partial charge on any atom is 0.573 e. The number of nitrogens with zero attached hydrogens (tertiary/aromatic N) is 2. The van der Waals surface area contributed by atoms with E-state index in [2.05, 4.69) is 9.91 Å². The van der Waals surface area contributed by atoms with E-state index >= 15 is 0 Å². The number of likely N-dealkylation sites (tertiary alicyclic amines) is 1. The molecule has 2 atom stereocenters. The van der Waals surface area contributed by atoms with Gasteiger partial charge in [0.05, 0.1) is 13.0 Å². The van der Waals surface area contributed by atoms with E-state index in [1.807, 2.05) is 0 Å². The van der Waals surface area contributed by atoms with Crippen LogP contribution in [0, 0.1) is 10.8 Å². The van der Waals surface area contributed by atoms with E-state index in [9.17, 15) is 27.7 Å². The topological polar surface area (TPSA) is 94.5 Å². The van der Waals surface area contributed by atoms with E-state index in [-0.39, 0.29) is 30.9 Å². The lowest BCUT2D eigenvalue weighted by atomic mass is 9.84. The van der Waals surface area contributed by atoms with Gasteiger partial charge in [-0.2, -0.15) is 0 Å². The Morgan fingerprint density at radius 3 is 2.41 bits per heavy atom. The van der Waals surface area contributed by atoms with E-state index in [0.29, 0.717) is 5.56 Å². The number of hydrogen-bond acceptors (Lipinski definition) is 7. The van der Waals surface area contributed by atoms with Gasteiger partial charge in [0.15, 0.2) is 0 Å². The Morgan fingerprint density at radius 1 is 1.06 bits per heavy atom. The number of nitroso groups, excluding NO2 is 1. The molecule has 0 spiro atoms. The van der Waals surface area contributed by atoms with Crippen LogP contribution in [-0.4, -0.2) is 43.5 Å². The summed E-state index contributed by atoms with van der Waals surface area (Å²) in [6.07, 6.45) is -5.33. The molecule has 1 saturated heterocycles. The summed E-state index contributed by atoms with van der Waals surface area (Å²) in [7, 11) is 1.22. The van der Waals surface area contributed by atoms with Crippen molar-refractivity contribution < 1.29 is 37.0 Å². The smallest absolute Gasteiger partial charge is 0.469 e. The SMILES string of the molecule is COC(=O)C1CC(c2cccc(OC(F)(F)F)c2)CN(C(=O)Oc2ccc(N=O)cc2)C1. The van der Waals surface area contributed by atoms with Crippen LogP contribution < -0.4 is 9.47 Å². The molecule has 2 aromatic rings. The van der Waals surface area contributed by atoms with Crippen molar-refractivity contribution in [2.24, 2.45) is 11.1 Å². The summed E-state index contributed by atoms with van der Waals surface area (Å²) in [4.78, 5) is 36.7. The molecule has 2 unspecified atom stereocenters. The normalized spacial score (nSPS) is 18.6. The van der Waals surface area contributed by atoms with Gasteiger partial charge in [0.25, 0.3) is 0 Å². The molecular weight excluding hydrogens is 433 g/mol. The number of ether oxygens (including phenoxy) is 3. The van der Waals surface area contributed by atoms with Crippen LogP contribution in [0.15, 0.2) is 53.7 Å². The van der Waals surface area contributed by atoms with E-state index in [4.69, 9.17) is 9.47 Å². The number of rotatable bonds is 5. The number of amides is 1. The Labute approximate surface area is 180 Å². The fourth-order valence-electron chi connectivity index (χ4n) is 3.53. The number of methoxy groups -OCH3 is 1. The minimum atomic E-state index is -4.84. The van der Waals surface area contributed by atoms with Gasteiger partial charge in [-0.15, -0.1) is 18.1 Å². The lowest BCUT2D eigenvalue weighted by molar-refractivity contribution is -0.274. The summed E-state index contributed by atoms with van der Waals surface area (Å²) in [6.45, 7) is 0.129. The first-order chi connectivity index (χ1) is 15.2. The minimum absolute atomic E-state index is 0.0225. The maximum atomic E-state index is 12.7. The molecule has 0 N–H and O–H groups in total. The molecule has 1 aliphatic rings. The molecule has 3 rings (SSSR count). The van der Waals surface area contributed by atoms with Gasteiger partial charge in [-0.1, -0.05) is 12.1 Å². The predicted octanol–water partition coefficient (Wildman–Crippen LogP) is 4.76. The van der Waals surface area contributed by atoms with Crippen molar-refractivity contribution in [2.45, 2.75) is 18.7 Å². The first-order valence-electron chi connectivity index (χ1n) is 9.52. The first kappa shape index (κ1) is 23.0. The number of halogens is 3. The number of carbonyl (C=O) groups excluding carboxylic acids is 2. The largest absolute Gasteiger partial charge is 0.573 e. The van der Waals surface area contributed by atoms with Crippen LogP contribution in [0.25, 0.3) is 0 Å². The molecule has 11 heteroatoms. The molecule has 0 radical (unpaired) electrons. The fourth-order valence-corrected chi connectivity index (χ4v) is 3.53. The Kier molecular flexibility index (Phi) is 6.96.